The first-order valence-corrected chi connectivity index (χ1v) is 7.60. The molecular weight excluding hydrogens is 192 g/mol. The molecule has 0 aromatic carbocycles. The van der Waals surface area contributed by atoms with Gasteiger partial charge < -0.3 is 0 Å². The molecule has 0 aromatic rings. The highest BCUT2D eigenvalue weighted by Crippen LogP contribution is 2.55. The molecule has 2 rings (SSSR count). The fraction of sp³-hybridized carbons (Fsp3) is 1.00. The molecule has 0 heteroatoms. The largest absolute Gasteiger partial charge is 0.0651 e. The Balaban J connectivity index is 2.14. The van der Waals surface area contributed by atoms with Crippen LogP contribution in [0.3, 0.4) is 0 Å². The van der Waals surface area contributed by atoms with Gasteiger partial charge in [0.15, 0.2) is 0 Å². The number of rotatable bonds is 2. The molecule has 0 heterocycles. The molecule has 0 spiro atoms. The third kappa shape index (κ3) is 1.83. The fourth-order valence-electron chi connectivity index (χ4n) is 5.13. The van der Waals surface area contributed by atoms with Crippen LogP contribution in [-0.2, 0) is 0 Å². The summed E-state index contributed by atoms with van der Waals surface area (Å²) in [7, 11) is 0. The Labute approximate surface area is 102 Å². The first-order valence-electron chi connectivity index (χ1n) is 7.60. The maximum atomic E-state index is 2.54. The van der Waals surface area contributed by atoms with Crippen molar-refractivity contribution in [2.75, 3.05) is 0 Å². The van der Waals surface area contributed by atoms with Gasteiger partial charge in [0.25, 0.3) is 0 Å². The van der Waals surface area contributed by atoms with Crippen molar-refractivity contribution in [3.8, 4) is 0 Å². The summed E-state index contributed by atoms with van der Waals surface area (Å²) in [6, 6.07) is 0. The van der Waals surface area contributed by atoms with Crippen molar-refractivity contribution in [1.82, 2.24) is 0 Å². The van der Waals surface area contributed by atoms with E-state index in [0.717, 1.165) is 41.4 Å². The van der Waals surface area contributed by atoms with Crippen molar-refractivity contribution in [3.05, 3.63) is 0 Å². The smallest absolute Gasteiger partial charge is 0.0329 e. The topological polar surface area (TPSA) is 0 Å². The molecule has 2 saturated carbocycles. The molecule has 94 valence electrons. The average molecular weight is 222 g/mol. The first kappa shape index (κ1) is 12.5. The molecular formula is C16H30. The number of fused-ring (bicyclic) bond motifs is 1. The third-order valence-electron chi connectivity index (χ3n) is 6.33. The third-order valence-corrected chi connectivity index (χ3v) is 6.33. The second kappa shape index (κ2) is 4.70. The zero-order valence-corrected chi connectivity index (χ0v) is 11.9. The summed E-state index contributed by atoms with van der Waals surface area (Å²) in [5, 5.41) is 0. The molecule has 0 bridgehead atoms. The van der Waals surface area contributed by atoms with E-state index in [4.69, 9.17) is 0 Å². The number of hydrogen-bond donors (Lipinski definition) is 0. The van der Waals surface area contributed by atoms with E-state index in [1.165, 1.54) is 25.7 Å². The van der Waals surface area contributed by atoms with Crippen molar-refractivity contribution < 1.29 is 0 Å². The standard InChI is InChI=1S/C16H30/c1-6-13-8-15-9-14(7-2)12(5)16(15)11(4)10(13)3/h10-16H,6-9H2,1-5H3. The van der Waals surface area contributed by atoms with Gasteiger partial charge in [0.1, 0.15) is 0 Å². The zero-order valence-electron chi connectivity index (χ0n) is 11.9. The molecule has 0 nitrogen and oxygen atoms in total. The van der Waals surface area contributed by atoms with E-state index in [1.807, 2.05) is 0 Å². The van der Waals surface area contributed by atoms with E-state index in [0.29, 0.717) is 0 Å². The highest BCUT2D eigenvalue weighted by molar-refractivity contribution is 4.97. The average Bonchev–Trinajstić information content (AvgIpc) is 2.60. The van der Waals surface area contributed by atoms with Gasteiger partial charge in [0, 0.05) is 0 Å². The van der Waals surface area contributed by atoms with Crippen LogP contribution in [0.15, 0.2) is 0 Å². The van der Waals surface area contributed by atoms with E-state index in [2.05, 4.69) is 34.6 Å². The summed E-state index contributed by atoms with van der Waals surface area (Å²) >= 11 is 0. The normalized spacial score (nSPS) is 52.7. The highest BCUT2D eigenvalue weighted by atomic mass is 14.5. The lowest BCUT2D eigenvalue weighted by Crippen LogP contribution is -2.37. The van der Waals surface area contributed by atoms with Gasteiger partial charge in [-0.15, -0.1) is 0 Å². The van der Waals surface area contributed by atoms with Gasteiger partial charge >= 0.3 is 0 Å². The van der Waals surface area contributed by atoms with E-state index in [9.17, 15) is 0 Å². The van der Waals surface area contributed by atoms with Crippen molar-refractivity contribution >= 4 is 0 Å². The lowest BCUT2D eigenvalue weighted by Gasteiger charge is -2.43. The quantitative estimate of drug-likeness (QED) is 0.617. The van der Waals surface area contributed by atoms with E-state index >= 15 is 0 Å². The molecule has 0 aromatic heterocycles. The maximum absolute atomic E-state index is 2.54. The van der Waals surface area contributed by atoms with Crippen molar-refractivity contribution in [3.63, 3.8) is 0 Å². The monoisotopic (exact) mass is 222 g/mol. The summed E-state index contributed by atoms with van der Waals surface area (Å²) in [6.07, 6.45) is 5.88. The van der Waals surface area contributed by atoms with Gasteiger partial charge in [-0.2, -0.15) is 0 Å². The predicted octanol–water partition coefficient (Wildman–Crippen LogP) is 4.99. The predicted molar refractivity (Wildman–Crippen MR) is 71.3 cm³/mol. The van der Waals surface area contributed by atoms with Crippen LogP contribution < -0.4 is 0 Å². The Morgan fingerprint density at radius 3 is 1.75 bits per heavy atom. The molecule has 0 saturated heterocycles. The lowest BCUT2D eigenvalue weighted by molar-refractivity contribution is 0.0528. The molecule has 0 aliphatic heterocycles. The van der Waals surface area contributed by atoms with Crippen LogP contribution in [0.5, 0.6) is 0 Å². The summed E-state index contributed by atoms with van der Waals surface area (Å²) in [6.45, 7) is 12.4. The Morgan fingerprint density at radius 1 is 0.750 bits per heavy atom. The van der Waals surface area contributed by atoms with Crippen LogP contribution in [0.25, 0.3) is 0 Å². The minimum Gasteiger partial charge on any atom is -0.0651 e. The minimum atomic E-state index is 0.962. The second-order valence-corrected chi connectivity index (χ2v) is 6.72. The van der Waals surface area contributed by atoms with Gasteiger partial charge in [-0.05, 0) is 54.3 Å². The summed E-state index contributed by atoms with van der Waals surface area (Å²) in [4.78, 5) is 0. The van der Waals surface area contributed by atoms with E-state index in [1.54, 1.807) is 0 Å². The lowest BCUT2D eigenvalue weighted by atomic mass is 9.62. The van der Waals surface area contributed by atoms with Gasteiger partial charge in [0.2, 0.25) is 0 Å². The molecule has 0 amide bonds. The Morgan fingerprint density at radius 2 is 1.25 bits per heavy atom. The summed E-state index contributed by atoms with van der Waals surface area (Å²) < 4.78 is 0. The van der Waals surface area contributed by atoms with Crippen LogP contribution in [-0.4, -0.2) is 0 Å². The molecule has 7 unspecified atom stereocenters. The van der Waals surface area contributed by atoms with Crippen LogP contribution in [0.4, 0.5) is 0 Å². The van der Waals surface area contributed by atoms with Gasteiger partial charge in [-0.1, -0.05) is 47.5 Å². The summed E-state index contributed by atoms with van der Waals surface area (Å²) in [5.41, 5.74) is 0. The second-order valence-electron chi connectivity index (χ2n) is 6.72. The van der Waals surface area contributed by atoms with Crippen molar-refractivity contribution in [1.29, 1.82) is 0 Å². The van der Waals surface area contributed by atoms with Crippen LogP contribution >= 0.6 is 0 Å². The van der Waals surface area contributed by atoms with Crippen LogP contribution in [0, 0.1) is 41.4 Å². The Kier molecular flexibility index (Phi) is 3.66. The van der Waals surface area contributed by atoms with Gasteiger partial charge in [-0.3, -0.25) is 0 Å². The van der Waals surface area contributed by atoms with Crippen LogP contribution in [0.1, 0.15) is 60.3 Å². The molecule has 0 N–H and O–H groups in total. The van der Waals surface area contributed by atoms with E-state index in [-0.39, 0.29) is 0 Å². The first-order chi connectivity index (χ1) is 7.60. The maximum Gasteiger partial charge on any atom is -0.0329 e. The Hall–Kier alpha value is 0. The molecule has 16 heavy (non-hydrogen) atoms. The minimum absolute atomic E-state index is 0.962. The van der Waals surface area contributed by atoms with Gasteiger partial charge in [-0.25, -0.2) is 0 Å². The molecule has 2 fully saturated rings. The number of hydrogen-bond acceptors (Lipinski definition) is 0. The summed E-state index contributed by atoms with van der Waals surface area (Å²) in [5.74, 6) is 7.07. The van der Waals surface area contributed by atoms with Crippen molar-refractivity contribution in [2.45, 2.75) is 60.3 Å². The fourth-order valence-corrected chi connectivity index (χ4v) is 5.13. The molecule has 2 aliphatic rings. The van der Waals surface area contributed by atoms with E-state index < -0.39 is 0 Å². The zero-order chi connectivity index (χ0) is 11.9. The van der Waals surface area contributed by atoms with Crippen LogP contribution in [0.2, 0.25) is 0 Å². The molecule has 7 atom stereocenters. The van der Waals surface area contributed by atoms with Gasteiger partial charge in [0.05, 0.1) is 0 Å². The van der Waals surface area contributed by atoms with Crippen molar-refractivity contribution in [2.24, 2.45) is 41.4 Å². The molecule has 2 aliphatic carbocycles. The molecule has 0 radical (unpaired) electrons. The highest BCUT2D eigenvalue weighted by Gasteiger charge is 2.48. The SMILES string of the molecule is CCC1CC2CC(CC)C(C)C2C(C)C1C. The Bertz CT molecular complexity index is 232.